The summed E-state index contributed by atoms with van der Waals surface area (Å²) < 4.78 is 0. The van der Waals surface area contributed by atoms with Gasteiger partial charge in [-0.3, -0.25) is 9.89 Å². The number of carbonyl (C=O) groups excluding carboxylic acids is 1. The van der Waals surface area contributed by atoms with Gasteiger partial charge in [-0.1, -0.05) is 18.2 Å². The summed E-state index contributed by atoms with van der Waals surface area (Å²) in [5.41, 5.74) is 2.39. The van der Waals surface area contributed by atoms with Crippen LogP contribution in [0.25, 0.3) is 10.9 Å². The van der Waals surface area contributed by atoms with Crippen LogP contribution in [0.2, 0.25) is 0 Å². The van der Waals surface area contributed by atoms with Crippen LogP contribution in [0.1, 0.15) is 15.9 Å². The van der Waals surface area contributed by atoms with Gasteiger partial charge in [-0.25, -0.2) is 4.98 Å². The number of para-hydroxylation sites is 1. The van der Waals surface area contributed by atoms with E-state index < -0.39 is 0 Å². The number of likely N-dealkylation sites (N-methyl/N-ethyl adjacent to an activating group) is 1. The summed E-state index contributed by atoms with van der Waals surface area (Å²) in [7, 11) is 2.13. The number of nitrogens with one attached hydrogen (secondary N) is 2. The van der Waals surface area contributed by atoms with E-state index in [-0.39, 0.29) is 5.91 Å². The van der Waals surface area contributed by atoms with Crippen LogP contribution < -0.4 is 10.2 Å². The number of carbonyl (C=O) groups is 1. The van der Waals surface area contributed by atoms with Crippen molar-refractivity contribution in [2.75, 3.05) is 38.1 Å². The predicted octanol–water partition coefficient (Wildman–Crippen LogP) is 1.64. The summed E-state index contributed by atoms with van der Waals surface area (Å²) >= 11 is 0. The summed E-state index contributed by atoms with van der Waals surface area (Å²) in [6.45, 7) is 4.37. The molecule has 2 aromatic heterocycles. The van der Waals surface area contributed by atoms with E-state index in [0.717, 1.165) is 48.5 Å². The number of fused-ring (bicyclic) bond motifs is 1. The van der Waals surface area contributed by atoms with Crippen LogP contribution >= 0.6 is 0 Å². The minimum Gasteiger partial charge on any atom is -0.354 e. The average Bonchev–Trinajstić information content (AvgIpc) is 3.16. The number of pyridine rings is 1. The lowest BCUT2D eigenvalue weighted by Crippen LogP contribution is -2.45. The topological polar surface area (TPSA) is 77.2 Å². The van der Waals surface area contributed by atoms with Crippen LogP contribution in [-0.4, -0.2) is 59.2 Å². The van der Waals surface area contributed by atoms with Crippen molar-refractivity contribution >= 4 is 22.6 Å². The third kappa shape index (κ3) is 3.25. The van der Waals surface area contributed by atoms with E-state index in [0.29, 0.717) is 12.1 Å². The molecule has 7 nitrogen and oxygen atoms in total. The van der Waals surface area contributed by atoms with Crippen LogP contribution in [0.15, 0.2) is 42.7 Å². The Morgan fingerprint density at radius 2 is 2.04 bits per heavy atom. The van der Waals surface area contributed by atoms with Crippen molar-refractivity contribution in [2.24, 2.45) is 0 Å². The monoisotopic (exact) mass is 350 g/mol. The maximum Gasteiger partial charge on any atom is 0.253 e. The molecular formula is C19H22N6O. The average molecular weight is 350 g/mol. The fourth-order valence-corrected chi connectivity index (χ4v) is 3.30. The van der Waals surface area contributed by atoms with E-state index in [1.165, 1.54) is 0 Å². The molecular weight excluding hydrogens is 328 g/mol. The summed E-state index contributed by atoms with van der Waals surface area (Å²) in [4.78, 5) is 21.8. The number of H-pyrrole nitrogens is 1. The lowest BCUT2D eigenvalue weighted by molar-refractivity contribution is 0.0952. The van der Waals surface area contributed by atoms with Gasteiger partial charge in [0.25, 0.3) is 5.91 Å². The van der Waals surface area contributed by atoms with Crippen molar-refractivity contribution in [3.05, 3.63) is 53.9 Å². The molecule has 0 bridgehead atoms. The highest BCUT2D eigenvalue weighted by Gasteiger charge is 2.18. The van der Waals surface area contributed by atoms with Crippen molar-refractivity contribution in [2.45, 2.75) is 6.54 Å². The Kier molecular flexibility index (Phi) is 4.53. The normalized spacial score (nSPS) is 15.3. The highest BCUT2D eigenvalue weighted by Crippen LogP contribution is 2.19. The van der Waals surface area contributed by atoms with E-state index in [1.807, 2.05) is 30.5 Å². The molecule has 1 aliphatic rings. The largest absolute Gasteiger partial charge is 0.354 e. The number of anilines is 1. The zero-order valence-corrected chi connectivity index (χ0v) is 14.8. The standard InChI is InChI=1S/C19H22N6O/c1-24-8-10-25(11-9-24)18-15(5-3-7-20-18)12-21-19(26)16-6-2-4-14-13-22-23-17(14)16/h2-7,13H,8-12H2,1H3,(H,21,26)(H,22,23). The molecule has 7 heteroatoms. The van der Waals surface area contributed by atoms with Crippen molar-refractivity contribution in [1.29, 1.82) is 0 Å². The first kappa shape index (κ1) is 16.5. The molecule has 4 rings (SSSR count). The number of nitrogens with zero attached hydrogens (tertiary/aromatic N) is 4. The Morgan fingerprint density at radius 1 is 1.19 bits per heavy atom. The van der Waals surface area contributed by atoms with Crippen LogP contribution in [0.3, 0.4) is 0 Å². The molecule has 3 aromatic rings. The molecule has 0 atom stereocenters. The van der Waals surface area contributed by atoms with Gasteiger partial charge in [0.05, 0.1) is 17.3 Å². The zero-order chi connectivity index (χ0) is 17.9. The first-order chi connectivity index (χ1) is 12.7. The number of rotatable bonds is 4. The molecule has 0 unspecified atom stereocenters. The molecule has 1 amide bonds. The van der Waals surface area contributed by atoms with Gasteiger partial charge in [-0.05, 0) is 19.2 Å². The van der Waals surface area contributed by atoms with Crippen molar-refractivity contribution in [3.63, 3.8) is 0 Å². The van der Waals surface area contributed by atoms with E-state index in [2.05, 4.69) is 37.3 Å². The van der Waals surface area contributed by atoms with Crippen molar-refractivity contribution in [3.8, 4) is 0 Å². The Labute approximate surface area is 152 Å². The van der Waals surface area contributed by atoms with Crippen molar-refractivity contribution < 1.29 is 4.79 Å². The SMILES string of the molecule is CN1CCN(c2ncccc2CNC(=O)c2cccc3cn[nH]c23)CC1. The molecule has 0 radical (unpaired) electrons. The fourth-order valence-electron chi connectivity index (χ4n) is 3.30. The number of piperazine rings is 1. The minimum atomic E-state index is -0.118. The van der Waals surface area contributed by atoms with E-state index in [4.69, 9.17) is 0 Å². The molecule has 1 saturated heterocycles. The summed E-state index contributed by atoms with van der Waals surface area (Å²) in [6.07, 6.45) is 3.53. The highest BCUT2D eigenvalue weighted by molar-refractivity contribution is 6.05. The van der Waals surface area contributed by atoms with Gasteiger partial charge in [0, 0.05) is 49.9 Å². The van der Waals surface area contributed by atoms with Gasteiger partial charge in [0.2, 0.25) is 0 Å². The molecule has 134 valence electrons. The van der Waals surface area contributed by atoms with E-state index in [9.17, 15) is 4.79 Å². The molecule has 3 heterocycles. The summed E-state index contributed by atoms with van der Waals surface area (Å²) in [6, 6.07) is 9.55. The maximum atomic E-state index is 12.7. The zero-order valence-electron chi connectivity index (χ0n) is 14.8. The quantitative estimate of drug-likeness (QED) is 0.748. The maximum absolute atomic E-state index is 12.7. The number of aromatic amines is 1. The first-order valence-electron chi connectivity index (χ1n) is 8.80. The molecule has 0 saturated carbocycles. The van der Waals surface area contributed by atoms with Crippen LogP contribution in [0, 0.1) is 0 Å². The molecule has 1 aliphatic heterocycles. The second-order valence-corrected chi connectivity index (χ2v) is 6.60. The van der Waals surface area contributed by atoms with Gasteiger partial charge in [-0.15, -0.1) is 0 Å². The van der Waals surface area contributed by atoms with Gasteiger partial charge >= 0.3 is 0 Å². The van der Waals surface area contributed by atoms with Crippen LogP contribution in [-0.2, 0) is 6.54 Å². The van der Waals surface area contributed by atoms with Crippen molar-refractivity contribution in [1.82, 2.24) is 25.4 Å². The first-order valence-corrected chi connectivity index (χ1v) is 8.80. The molecule has 0 spiro atoms. The fraction of sp³-hybridized carbons (Fsp3) is 0.316. The van der Waals surface area contributed by atoms with Crippen LogP contribution in [0.5, 0.6) is 0 Å². The second-order valence-electron chi connectivity index (χ2n) is 6.60. The highest BCUT2D eigenvalue weighted by atomic mass is 16.1. The number of hydrogen-bond acceptors (Lipinski definition) is 5. The molecule has 0 aliphatic carbocycles. The lowest BCUT2D eigenvalue weighted by Gasteiger charge is -2.34. The number of benzene rings is 1. The Bertz CT molecular complexity index is 913. The van der Waals surface area contributed by atoms with Crippen LogP contribution in [0.4, 0.5) is 5.82 Å². The Balaban J connectivity index is 1.50. The molecule has 1 fully saturated rings. The number of amides is 1. The van der Waals surface area contributed by atoms with Gasteiger partial charge in [-0.2, -0.15) is 5.10 Å². The Morgan fingerprint density at radius 3 is 2.88 bits per heavy atom. The third-order valence-electron chi connectivity index (χ3n) is 4.83. The summed E-state index contributed by atoms with van der Waals surface area (Å²) in [5.74, 6) is 0.841. The van der Waals surface area contributed by atoms with Gasteiger partial charge < -0.3 is 15.1 Å². The van der Waals surface area contributed by atoms with E-state index >= 15 is 0 Å². The minimum absolute atomic E-state index is 0.118. The molecule has 2 N–H and O–H groups in total. The predicted molar refractivity (Wildman–Crippen MR) is 101 cm³/mol. The molecule has 1 aromatic carbocycles. The summed E-state index contributed by atoms with van der Waals surface area (Å²) in [5, 5.41) is 10.9. The third-order valence-corrected chi connectivity index (χ3v) is 4.83. The number of hydrogen-bond donors (Lipinski definition) is 2. The smallest absolute Gasteiger partial charge is 0.253 e. The molecule has 26 heavy (non-hydrogen) atoms. The Hall–Kier alpha value is -2.93. The second kappa shape index (κ2) is 7.13. The van der Waals surface area contributed by atoms with Gasteiger partial charge in [0.15, 0.2) is 0 Å². The number of aromatic nitrogens is 3. The van der Waals surface area contributed by atoms with Gasteiger partial charge in [0.1, 0.15) is 5.82 Å². The lowest BCUT2D eigenvalue weighted by atomic mass is 10.1. The van der Waals surface area contributed by atoms with E-state index in [1.54, 1.807) is 12.3 Å².